The zero-order valence-electron chi connectivity index (χ0n) is 11.6. The predicted molar refractivity (Wildman–Crippen MR) is 81.2 cm³/mol. The molecule has 1 aromatic carbocycles. The molecule has 21 heavy (non-hydrogen) atoms. The van der Waals surface area contributed by atoms with Crippen LogP contribution in [0.4, 0.5) is 0 Å². The van der Waals surface area contributed by atoms with Crippen molar-refractivity contribution < 1.29 is 4.79 Å². The molecule has 0 radical (unpaired) electrons. The summed E-state index contributed by atoms with van der Waals surface area (Å²) >= 11 is 5.62. The van der Waals surface area contributed by atoms with E-state index in [4.69, 9.17) is 11.6 Å². The van der Waals surface area contributed by atoms with E-state index in [1.165, 1.54) is 10.8 Å². The maximum absolute atomic E-state index is 12.4. The van der Waals surface area contributed by atoms with Crippen molar-refractivity contribution >= 4 is 17.5 Å². The molecule has 0 amide bonds. The van der Waals surface area contributed by atoms with Crippen molar-refractivity contribution in [1.29, 1.82) is 0 Å². The Bertz CT molecular complexity index is 763. The summed E-state index contributed by atoms with van der Waals surface area (Å²) in [6.07, 6.45) is 2.05. The van der Waals surface area contributed by atoms with E-state index < -0.39 is 17.2 Å². The number of aryl methyl sites for hydroxylation is 2. The van der Waals surface area contributed by atoms with Crippen LogP contribution in [0.25, 0.3) is 0 Å². The first kappa shape index (κ1) is 15.3. The monoisotopic (exact) mass is 306 g/mol. The van der Waals surface area contributed by atoms with E-state index in [1.807, 2.05) is 0 Å². The van der Waals surface area contributed by atoms with Gasteiger partial charge in [0.2, 0.25) is 0 Å². The lowest BCUT2D eigenvalue weighted by atomic mass is 10.2. The first-order valence-corrected chi connectivity index (χ1v) is 7.08. The highest BCUT2D eigenvalue weighted by Gasteiger charge is 2.16. The Morgan fingerprint density at radius 1 is 1.19 bits per heavy atom. The molecule has 0 aliphatic rings. The highest BCUT2D eigenvalue weighted by molar-refractivity contribution is 6.17. The highest BCUT2D eigenvalue weighted by Crippen LogP contribution is 2.00. The average molecular weight is 307 g/mol. The summed E-state index contributed by atoms with van der Waals surface area (Å²) in [7, 11) is 0. The van der Waals surface area contributed by atoms with Gasteiger partial charge in [-0.05, 0) is 25.5 Å². The number of carbonyl (C=O) groups is 1. The fourth-order valence-electron chi connectivity index (χ4n) is 2.02. The quantitative estimate of drug-likeness (QED) is 0.807. The van der Waals surface area contributed by atoms with Gasteiger partial charge in [0.25, 0.3) is 11.5 Å². The molecule has 0 spiro atoms. The minimum Gasteiger partial charge on any atom is -0.300 e. The third kappa shape index (κ3) is 3.13. The third-order valence-corrected chi connectivity index (χ3v) is 3.35. The van der Waals surface area contributed by atoms with Gasteiger partial charge in [-0.3, -0.25) is 14.2 Å². The molecule has 6 heteroatoms. The molecule has 0 atom stereocenters. The summed E-state index contributed by atoms with van der Waals surface area (Å²) in [6.45, 7) is 1.94. The molecule has 2 aromatic rings. The Morgan fingerprint density at radius 3 is 2.48 bits per heavy atom. The molecule has 1 aromatic heterocycles. The normalized spacial score (nSPS) is 10.6. The van der Waals surface area contributed by atoms with Crippen molar-refractivity contribution in [2.75, 3.05) is 5.88 Å². The van der Waals surface area contributed by atoms with Crippen molar-refractivity contribution in [2.45, 2.75) is 19.9 Å². The smallest absolute Gasteiger partial charge is 0.300 e. The highest BCUT2D eigenvalue weighted by atomic mass is 35.5. The number of aromatic nitrogens is 2. The first-order chi connectivity index (χ1) is 10.1. The van der Waals surface area contributed by atoms with Crippen LogP contribution in [0.15, 0.2) is 46.1 Å². The summed E-state index contributed by atoms with van der Waals surface area (Å²) < 4.78 is 2.03. The molecule has 1 heterocycles. The SMILES string of the molecule is Cc1cn(CCCCl)c(=O)n(C(=O)c2ccccc2)c1=O. The summed E-state index contributed by atoms with van der Waals surface area (Å²) in [5, 5.41) is 0. The summed E-state index contributed by atoms with van der Waals surface area (Å²) in [6, 6.07) is 8.26. The number of nitrogens with zero attached hydrogens (tertiary/aromatic N) is 2. The summed E-state index contributed by atoms with van der Waals surface area (Å²) in [5.41, 5.74) is -0.583. The fourth-order valence-corrected chi connectivity index (χ4v) is 2.13. The van der Waals surface area contributed by atoms with Gasteiger partial charge in [0.05, 0.1) is 0 Å². The van der Waals surface area contributed by atoms with Crippen LogP contribution in [0.1, 0.15) is 22.3 Å². The number of benzene rings is 1. The molecule has 0 N–H and O–H groups in total. The number of halogens is 1. The number of carbonyl (C=O) groups excluding carboxylic acids is 1. The van der Waals surface area contributed by atoms with Gasteiger partial charge in [0.1, 0.15) is 0 Å². The molecule has 5 nitrogen and oxygen atoms in total. The van der Waals surface area contributed by atoms with Crippen LogP contribution in [0.3, 0.4) is 0 Å². The van der Waals surface area contributed by atoms with Crippen LogP contribution in [-0.2, 0) is 6.54 Å². The van der Waals surface area contributed by atoms with E-state index in [-0.39, 0.29) is 0 Å². The van der Waals surface area contributed by atoms with Crippen molar-refractivity contribution in [3.63, 3.8) is 0 Å². The van der Waals surface area contributed by atoms with E-state index in [1.54, 1.807) is 37.3 Å². The largest absolute Gasteiger partial charge is 0.338 e. The van der Waals surface area contributed by atoms with Crippen molar-refractivity contribution in [3.05, 3.63) is 68.5 Å². The average Bonchev–Trinajstić information content (AvgIpc) is 2.50. The number of alkyl halides is 1. The van der Waals surface area contributed by atoms with Crippen LogP contribution in [0, 0.1) is 6.92 Å². The van der Waals surface area contributed by atoms with Crippen molar-refractivity contribution in [1.82, 2.24) is 9.13 Å². The van der Waals surface area contributed by atoms with Crippen LogP contribution in [0.2, 0.25) is 0 Å². The fraction of sp³-hybridized carbons (Fsp3) is 0.267. The number of rotatable bonds is 4. The van der Waals surface area contributed by atoms with E-state index >= 15 is 0 Å². The lowest BCUT2D eigenvalue weighted by Crippen LogP contribution is -2.44. The number of hydrogen-bond acceptors (Lipinski definition) is 3. The van der Waals surface area contributed by atoms with E-state index in [0.29, 0.717) is 34.5 Å². The molecular weight excluding hydrogens is 292 g/mol. The Morgan fingerprint density at radius 2 is 1.86 bits per heavy atom. The van der Waals surface area contributed by atoms with Gasteiger partial charge in [0, 0.05) is 29.7 Å². The Hall–Kier alpha value is -2.14. The van der Waals surface area contributed by atoms with Crippen molar-refractivity contribution in [2.24, 2.45) is 0 Å². The summed E-state index contributed by atoms with van der Waals surface area (Å²) in [4.78, 5) is 36.8. The van der Waals surface area contributed by atoms with Crippen LogP contribution in [-0.4, -0.2) is 20.9 Å². The molecule has 0 saturated heterocycles. The molecule has 0 fully saturated rings. The lowest BCUT2D eigenvalue weighted by molar-refractivity contribution is 0.0948. The second-order valence-corrected chi connectivity index (χ2v) is 5.02. The minimum absolute atomic E-state index is 0.297. The van der Waals surface area contributed by atoms with Crippen LogP contribution >= 0.6 is 11.6 Å². The van der Waals surface area contributed by atoms with Crippen molar-refractivity contribution in [3.8, 4) is 0 Å². The summed E-state index contributed by atoms with van der Waals surface area (Å²) in [5.74, 6) is -0.217. The molecule has 0 unspecified atom stereocenters. The van der Waals surface area contributed by atoms with Gasteiger partial charge >= 0.3 is 5.69 Å². The second kappa shape index (κ2) is 6.54. The lowest BCUT2D eigenvalue weighted by Gasteiger charge is -2.10. The maximum atomic E-state index is 12.4. The first-order valence-electron chi connectivity index (χ1n) is 6.55. The molecule has 110 valence electrons. The van der Waals surface area contributed by atoms with Gasteiger partial charge in [-0.15, -0.1) is 11.6 Å². The second-order valence-electron chi connectivity index (χ2n) is 4.64. The third-order valence-electron chi connectivity index (χ3n) is 3.08. The topological polar surface area (TPSA) is 61.1 Å². The van der Waals surface area contributed by atoms with E-state index in [0.717, 1.165) is 0 Å². The standard InChI is InChI=1S/C15H15ClN2O3/c1-11-10-17(9-5-8-16)15(21)18(13(11)19)14(20)12-6-3-2-4-7-12/h2-4,6-7,10H,5,8-9H2,1H3. The maximum Gasteiger partial charge on any atom is 0.338 e. The van der Waals surface area contributed by atoms with Gasteiger partial charge in [-0.1, -0.05) is 18.2 Å². The zero-order chi connectivity index (χ0) is 15.4. The van der Waals surface area contributed by atoms with Gasteiger partial charge < -0.3 is 0 Å². The van der Waals surface area contributed by atoms with Gasteiger partial charge in [-0.2, -0.15) is 4.57 Å². The van der Waals surface area contributed by atoms with Crippen LogP contribution in [0.5, 0.6) is 0 Å². The molecule has 0 saturated carbocycles. The van der Waals surface area contributed by atoms with E-state index in [2.05, 4.69) is 0 Å². The van der Waals surface area contributed by atoms with Gasteiger partial charge in [-0.25, -0.2) is 4.79 Å². The zero-order valence-corrected chi connectivity index (χ0v) is 12.3. The molecule has 0 bridgehead atoms. The Kier molecular flexibility index (Phi) is 4.75. The van der Waals surface area contributed by atoms with Gasteiger partial charge in [0.15, 0.2) is 0 Å². The predicted octanol–water partition coefficient (Wildman–Crippen LogP) is 1.64. The Balaban J connectivity index is 2.58. The minimum atomic E-state index is -0.635. The molecule has 0 aliphatic carbocycles. The Labute approximate surface area is 126 Å². The molecular formula is C15H15ClN2O3. The number of hydrogen-bond donors (Lipinski definition) is 0. The molecule has 2 rings (SSSR count). The molecule has 0 aliphatic heterocycles. The van der Waals surface area contributed by atoms with Crippen LogP contribution < -0.4 is 11.2 Å². The van der Waals surface area contributed by atoms with E-state index in [9.17, 15) is 14.4 Å².